The van der Waals surface area contributed by atoms with Crippen molar-refractivity contribution in [3.05, 3.63) is 28.8 Å². The van der Waals surface area contributed by atoms with E-state index in [1.807, 2.05) is 18.2 Å². The average molecular weight is 312 g/mol. The van der Waals surface area contributed by atoms with Gasteiger partial charge in [0.15, 0.2) is 0 Å². The average Bonchev–Trinajstić information content (AvgIpc) is 2.89. The summed E-state index contributed by atoms with van der Waals surface area (Å²) in [7, 11) is 0. The van der Waals surface area contributed by atoms with Crippen LogP contribution in [0, 0.1) is 0 Å². The van der Waals surface area contributed by atoms with Crippen LogP contribution in [0.5, 0.6) is 5.75 Å². The van der Waals surface area contributed by atoms with Crippen molar-refractivity contribution in [3.63, 3.8) is 0 Å². The highest BCUT2D eigenvalue weighted by molar-refractivity contribution is 6.30. The van der Waals surface area contributed by atoms with Gasteiger partial charge in [-0.25, -0.2) is 0 Å². The molecule has 0 aromatic heterocycles. The second kappa shape index (κ2) is 8.02. The minimum atomic E-state index is 0.211. The van der Waals surface area contributed by atoms with Crippen LogP contribution in [0.1, 0.15) is 51.6 Å². The van der Waals surface area contributed by atoms with Gasteiger partial charge < -0.3 is 14.8 Å². The summed E-state index contributed by atoms with van der Waals surface area (Å²) in [6, 6.07) is 6.05. The Bertz CT molecular complexity index is 452. The van der Waals surface area contributed by atoms with E-state index in [2.05, 4.69) is 26.1 Å². The minimum Gasteiger partial charge on any atom is -0.491 e. The summed E-state index contributed by atoms with van der Waals surface area (Å²) in [6.45, 7) is 8.01. The molecular weight excluding hydrogens is 286 g/mol. The number of benzene rings is 1. The van der Waals surface area contributed by atoms with Crippen molar-refractivity contribution in [1.82, 2.24) is 5.32 Å². The monoisotopic (exact) mass is 311 g/mol. The van der Waals surface area contributed by atoms with E-state index < -0.39 is 0 Å². The molecular formula is C17H26ClNO2. The lowest BCUT2D eigenvalue weighted by Gasteiger charge is -2.20. The number of nitrogens with one attached hydrogen (secondary N) is 1. The second-order valence-electron chi connectivity index (χ2n) is 5.82. The molecule has 0 amide bonds. The van der Waals surface area contributed by atoms with Crippen LogP contribution in [0.3, 0.4) is 0 Å². The lowest BCUT2D eigenvalue weighted by atomic mass is 10.1. The third kappa shape index (κ3) is 4.87. The smallest absolute Gasteiger partial charge is 0.124 e. The van der Waals surface area contributed by atoms with E-state index in [-0.39, 0.29) is 12.1 Å². The first-order valence-corrected chi connectivity index (χ1v) is 8.29. The zero-order valence-corrected chi connectivity index (χ0v) is 14.0. The molecule has 1 aromatic rings. The molecule has 0 radical (unpaired) electrons. The normalized spacial score (nSPS) is 23.2. The molecule has 1 aromatic carbocycles. The molecule has 1 aliphatic heterocycles. The lowest BCUT2D eigenvalue weighted by molar-refractivity contribution is 0.0261. The Morgan fingerprint density at radius 3 is 2.90 bits per heavy atom. The van der Waals surface area contributed by atoms with Gasteiger partial charge in [-0.1, -0.05) is 18.5 Å². The van der Waals surface area contributed by atoms with E-state index >= 15 is 0 Å². The van der Waals surface area contributed by atoms with Gasteiger partial charge >= 0.3 is 0 Å². The number of ether oxygens (including phenoxy) is 2. The molecule has 0 bridgehead atoms. The van der Waals surface area contributed by atoms with Crippen LogP contribution in [-0.4, -0.2) is 25.4 Å². The third-order valence-electron chi connectivity index (χ3n) is 3.88. The molecule has 1 saturated heterocycles. The van der Waals surface area contributed by atoms with E-state index in [4.69, 9.17) is 21.1 Å². The van der Waals surface area contributed by atoms with Gasteiger partial charge in [-0.3, -0.25) is 0 Å². The molecule has 3 unspecified atom stereocenters. The standard InChI is InChI=1S/C17H26ClNO2/c1-4-9-19-13(3)16-10-14(18)6-8-17(16)20-11-15-7-5-12(2)21-15/h6,8,10,12-13,15,19H,4-5,7,9,11H2,1-3H3. The predicted molar refractivity (Wildman–Crippen MR) is 87.2 cm³/mol. The maximum atomic E-state index is 6.13. The van der Waals surface area contributed by atoms with E-state index in [0.717, 1.165) is 42.1 Å². The summed E-state index contributed by atoms with van der Waals surface area (Å²) in [5.41, 5.74) is 1.11. The number of hydrogen-bond donors (Lipinski definition) is 1. The van der Waals surface area contributed by atoms with Gasteiger partial charge in [0.25, 0.3) is 0 Å². The van der Waals surface area contributed by atoms with Gasteiger partial charge in [0, 0.05) is 16.6 Å². The summed E-state index contributed by atoms with van der Waals surface area (Å²) in [5, 5.41) is 4.23. The molecule has 118 valence electrons. The fourth-order valence-electron chi connectivity index (χ4n) is 2.65. The highest BCUT2D eigenvalue weighted by Gasteiger charge is 2.23. The van der Waals surface area contributed by atoms with E-state index in [0.29, 0.717) is 12.7 Å². The molecule has 0 saturated carbocycles. The van der Waals surface area contributed by atoms with Crippen LogP contribution >= 0.6 is 11.6 Å². The van der Waals surface area contributed by atoms with E-state index in [1.165, 1.54) is 0 Å². The fraction of sp³-hybridized carbons (Fsp3) is 0.647. The van der Waals surface area contributed by atoms with Gasteiger partial charge in [0.2, 0.25) is 0 Å². The van der Waals surface area contributed by atoms with E-state index in [9.17, 15) is 0 Å². The minimum absolute atomic E-state index is 0.211. The Balaban J connectivity index is 2.00. The maximum Gasteiger partial charge on any atom is 0.124 e. The quantitative estimate of drug-likeness (QED) is 0.812. The third-order valence-corrected chi connectivity index (χ3v) is 4.12. The highest BCUT2D eigenvalue weighted by atomic mass is 35.5. The molecule has 3 nitrogen and oxygen atoms in total. The molecule has 1 N–H and O–H groups in total. The molecule has 21 heavy (non-hydrogen) atoms. The summed E-state index contributed by atoms with van der Waals surface area (Å²) in [4.78, 5) is 0. The van der Waals surface area contributed by atoms with Crippen molar-refractivity contribution in [1.29, 1.82) is 0 Å². The lowest BCUT2D eigenvalue weighted by Crippen LogP contribution is -2.22. The van der Waals surface area contributed by atoms with Gasteiger partial charge in [-0.15, -0.1) is 0 Å². The maximum absolute atomic E-state index is 6.13. The summed E-state index contributed by atoms with van der Waals surface area (Å²) < 4.78 is 11.8. The highest BCUT2D eigenvalue weighted by Crippen LogP contribution is 2.29. The zero-order chi connectivity index (χ0) is 15.2. The molecule has 2 rings (SSSR count). The number of halogens is 1. The van der Waals surface area contributed by atoms with Crippen LogP contribution in [0.4, 0.5) is 0 Å². The number of rotatable bonds is 7. The zero-order valence-electron chi connectivity index (χ0n) is 13.2. The Morgan fingerprint density at radius 1 is 1.43 bits per heavy atom. The van der Waals surface area contributed by atoms with Gasteiger partial charge in [0.1, 0.15) is 12.4 Å². The van der Waals surface area contributed by atoms with Crippen molar-refractivity contribution >= 4 is 11.6 Å². The largest absolute Gasteiger partial charge is 0.491 e. The van der Waals surface area contributed by atoms with Crippen LogP contribution in [0.2, 0.25) is 5.02 Å². The molecule has 0 aliphatic carbocycles. The Morgan fingerprint density at radius 2 is 2.24 bits per heavy atom. The molecule has 1 fully saturated rings. The predicted octanol–water partition coefficient (Wildman–Crippen LogP) is 4.35. The van der Waals surface area contributed by atoms with Crippen molar-refractivity contribution in [2.75, 3.05) is 13.2 Å². The summed E-state index contributed by atoms with van der Waals surface area (Å²) in [6.07, 6.45) is 3.87. The Hall–Kier alpha value is -0.770. The number of hydrogen-bond acceptors (Lipinski definition) is 3. The SMILES string of the molecule is CCCNC(C)c1cc(Cl)ccc1OCC1CCC(C)O1. The molecule has 4 heteroatoms. The molecule has 1 heterocycles. The molecule has 1 aliphatic rings. The molecule has 3 atom stereocenters. The summed E-state index contributed by atoms with van der Waals surface area (Å²) >= 11 is 6.13. The van der Waals surface area contributed by atoms with Gasteiger partial charge in [-0.2, -0.15) is 0 Å². The van der Waals surface area contributed by atoms with Crippen molar-refractivity contribution in [2.24, 2.45) is 0 Å². The fourth-order valence-corrected chi connectivity index (χ4v) is 2.83. The Kier molecular flexibility index (Phi) is 6.34. The Labute approximate surface area is 133 Å². The topological polar surface area (TPSA) is 30.5 Å². The van der Waals surface area contributed by atoms with Crippen LogP contribution in [0.25, 0.3) is 0 Å². The second-order valence-corrected chi connectivity index (χ2v) is 6.25. The van der Waals surface area contributed by atoms with Crippen LogP contribution < -0.4 is 10.1 Å². The summed E-state index contributed by atoms with van der Waals surface area (Å²) in [5.74, 6) is 0.902. The first-order valence-electron chi connectivity index (χ1n) is 7.91. The van der Waals surface area contributed by atoms with Crippen molar-refractivity contribution in [3.8, 4) is 5.75 Å². The first kappa shape index (κ1) is 16.6. The van der Waals surface area contributed by atoms with Crippen molar-refractivity contribution < 1.29 is 9.47 Å². The first-order chi connectivity index (χ1) is 10.1. The van der Waals surface area contributed by atoms with Gasteiger partial charge in [0.05, 0.1) is 12.2 Å². The van der Waals surface area contributed by atoms with E-state index in [1.54, 1.807) is 0 Å². The van der Waals surface area contributed by atoms with Gasteiger partial charge in [-0.05, 0) is 57.9 Å². The van der Waals surface area contributed by atoms with Crippen LogP contribution in [0.15, 0.2) is 18.2 Å². The van der Waals surface area contributed by atoms with Crippen molar-refractivity contribution in [2.45, 2.75) is 58.3 Å². The molecule has 0 spiro atoms. The van der Waals surface area contributed by atoms with Crippen LogP contribution in [-0.2, 0) is 4.74 Å².